The summed E-state index contributed by atoms with van der Waals surface area (Å²) in [6.07, 6.45) is 1.94. The van der Waals surface area contributed by atoms with Gasteiger partial charge in [-0.1, -0.05) is 30.2 Å². The molecule has 1 aromatic carbocycles. The van der Waals surface area contributed by atoms with Crippen LogP contribution in [0.3, 0.4) is 0 Å². The predicted molar refractivity (Wildman–Crippen MR) is 111 cm³/mol. The zero-order valence-electron chi connectivity index (χ0n) is 17.1. The van der Waals surface area contributed by atoms with Crippen molar-refractivity contribution in [3.05, 3.63) is 40.7 Å². The number of hydrogen-bond acceptors (Lipinski definition) is 7. The second kappa shape index (κ2) is 11.4. The third-order valence-electron chi connectivity index (χ3n) is 4.84. The summed E-state index contributed by atoms with van der Waals surface area (Å²) in [5.74, 6) is -0.464. The van der Waals surface area contributed by atoms with Crippen LogP contribution in [-0.4, -0.2) is 44.5 Å². The van der Waals surface area contributed by atoms with Crippen molar-refractivity contribution in [1.82, 2.24) is 30.8 Å². The lowest BCUT2D eigenvalue weighted by Crippen LogP contribution is -2.33. The standard InChI is InChI=1S/C20H25ClN6O4/c21-15-9-7-14(8-10-15)19-20(30)22-11-4-5-17(28)23-13-16-24-25-26-27(16)12-3-1-2-6-18(29)31-19/h7-10,19H,1-6,11-13H2,(H,22,30)(H,23,28). The van der Waals surface area contributed by atoms with E-state index in [1.807, 2.05) is 0 Å². The number of nitrogens with one attached hydrogen (secondary N) is 2. The number of benzene rings is 1. The van der Waals surface area contributed by atoms with E-state index in [1.54, 1.807) is 28.9 Å². The van der Waals surface area contributed by atoms with Crippen molar-refractivity contribution in [2.75, 3.05) is 6.54 Å². The maximum absolute atomic E-state index is 12.7. The predicted octanol–water partition coefficient (Wildman–Crippen LogP) is 1.70. The summed E-state index contributed by atoms with van der Waals surface area (Å²) in [7, 11) is 0. The molecule has 3 rings (SSSR count). The van der Waals surface area contributed by atoms with Gasteiger partial charge in [0.05, 0.1) is 6.54 Å². The molecule has 166 valence electrons. The lowest BCUT2D eigenvalue weighted by molar-refractivity contribution is -0.156. The van der Waals surface area contributed by atoms with Gasteiger partial charge in [-0.2, -0.15) is 0 Å². The molecule has 1 aliphatic heterocycles. The topological polar surface area (TPSA) is 128 Å². The second-order valence-electron chi connectivity index (χ2n) is 7.22. The van der Waals surface area contributed by atoms with E-state index in [9.17, 15) is 14.4 Å². The summed E-state index contributed by atoms with van der Waals surface area (Å²) in [6.45, 7) is 1.10. The van der Waals surface area contributed by atoms with E-state index in [1.165, 1.54) is 0 Å². The van der Waals surface area contributed by atoms with Gasteiger partial charge in [0.2, 0.25) is 12.0 Å². The monoisotopic (exact) mass is 448 g/mol. The molecule has 0 radical (unpaired) electrons. The number of carbonyl (C=O) groups excluding carboxylic acids is 3. The summed E-state index contributed by atoms with van der Waals surface area (Å²) in [6, 6.07) is 6.59. The molecule has 0 saturated heterocycles. The van der Waals surface area contributed by atoms with Gasteiger partial charge in [-0.15, -0.1) is 5.10 Å². The molecule has 11 heteroatoms. The van der Waals surface area contributed by atoms with Crippen LogP contribution in [0.5, 0.6) is 0 Å². The number of halogens is 1. The van der Waals surface area contributed by atoms with E-state index in [2.05, 4.69) is 26.2 Å². The third-order valence-corrected chi connectivity index (χ3v) is 5.09. The van der Waals surface area contributed by atoms with Crippen molar-refractivity contribution in [2.24, 2.45) is 0 Å². The number of aryl methyl sites for hydroxylation is 1. The third kappa shape index (κ3) is 7.02. The van der Waals surface area contributed by atoms with Crippen LogP contribution in [0.1, 0.15) is 56.0 Å². The van der Waals surface area contributed by atoms with Gasteiger partial charge in [0.1, 0.15) is 0 Å². The summed E-state index contributed by atoms with van der Waals surface area (Å²) < 4.78 is 7.14. The Morgan fingerprint density at radius 3 is 2.61 bits per heavy atom. The van der Waals surface area contributed by atoms with Gasteiger partial charge in [-0.05, 0) is 41.8 Å². The van der Waals surface area contributed by atoms with Gasteiger partial charge in [0.15, 0.2) is 5.82 Å². The minimum absolute atomic E-state index is 0.161. The van der Waals surface area contributed by atoms with E-state index >= 15 is 0 Å². The smallest absolute Gasteiger partial charge is 0.306 e. The van der Waals surface area contributed by atoms with Gasteiger partial charge < -0.3 is 15.4 Å². The highest BCUT2D eigenvalue weighted by Crippen LogP contribution is 2.21. The highest BCUT2D eigenvalue weighted by Gasteiger charge is 2.25. The Morgan fingerprint density at radius 1 is 1.00 bits per heavy atom. The van der Waals surface area contributed by atoms with Gasteiger partial charge in [-0.25, -0.2) is 4.68 Å². The van der Waals surface area contributed by atoms with Gasteiger partial charge >= 0.3 is 5.97 Å². The summed E-state index contributed by atoms with van der Waals surface area (Å²) >= 11 is 5.93. The molecule has 0 saturated carbocycles. The van der Waals surface area contributed by atoms with Crippen LogP contribution >= 0.6 is 11.6 Å². The van der Waals surface area contributed by atoms with Crippen molar-refractivity contribution < 1.29 is 19.1 Å². The number of ether oxygens (including phenoxy) is 1. The van der Waals surface area contributed by atoms with E-state index in [-0.39, 0.29) is 31.8 Å². The van der Waals surface area contributed by atoms with Crippen LogP contribution in [0.15, 0.2) is 24.3 Å². The first-order chi connectivity index (χ1) is 15.0. The molecule has 31 heavy (non-hydrogen) atoms. The number of aromatic nitrogens is 4. The van der Waals surface area contributed by atoms with E-state index < -0.39 is 18.0 Å². The van der Waals surface area contributed by atoms with Crippen LogP contribution in [0.2, 0.25) is 5.02 Å². The lowest BCUT2D eigenvalue weighted by Gasteiger charge is -2.18. The van der Waals surface area contributed by atoms with Crippen LogP contribution in [0.4, 0.5) is 0 Å². The lowest BCUT2D eigenvalue weighted by atomic mass is 10.1. The van der Waals surface area contributed by atoms with E-state index in [0.29, 0.717) is 35.8 Å². The molecule has 0 spiro atoms. The Hall–Kier alpha value is -3.01. The maximum atomic E-state index is 12.7. The van der Waals surface area contributed by atoms with Crippen molar-refractivity contribution >= 4 is 29.4 Å². The van der Waals surface area contributed by atoms with Crippen molar-refractivity contribution in [3.8, 4) is 0 Å². The second-order valence-corrected chi connectivity index (χ2v) is 7.66. The van der Waals surface area contributed by atoms with Crippen LogP contribution < -0.4 is 10.6 Å². The van der Waals surface area contributed by atoms with Gasteiger partial charge in [0.25, 0.3) is 5.91 Å². The van der Waals surface area contributed by atoms with Crippen LogP contribution in [0.25, 0.3) is 0 Å². The quantitative estimate of drug-likeness (QED) is 0.635. The van der Waals surface area contributed by atoms with Crippen LogP contribution in [-0.2, 0) is 32.2 Å². The first kappa shape index (κ1) is 22.7. The number of fused-ring (bicyclic) bond motifs is 1. The summed E-state index contributed by atoms with van der Waals surface area (Å²) in [4.78, 5) is 37.1. The maximum Gasteiger partial charge on any atom is 0.306 e. The Balaban J connectivity index is 1.67. The normalized spacial score (nSPS) is 19.9. The fourth-order valence-corrected chi connectivity index (χ4v) is 3.28. The molecule has 0 aliphatic carbocycles. The number of esters is 1. The molecule has 1 unspecified atom stereocenters. The van der Waals surface area contributed by atoms with Crippen molar-refractivity contribution in [3.63, 3.8) is 0 Å². The molecule has 2 N–H and O–H groups in total. The van der Waals surface area contributed by atoms with Crippen molar-refractivity contribution in [1.29, 1.82) is 0 Å². The Bertz CT molecular complexity index is 901. The first-order valence-electron chi connectivity index (χ1n) is 10.3. The number of tetrazole rings is 1. The fraction of sp³-hybridized carbons (Fsp3) is 0.500. The zero-order valence-corrected chi connectivity index (χ0v) is 17.8. The highest BCUT2D eigenvalue weighted by atomic mass is 35.5. The molecule has 2 amide bonds. The molecule has 0 bridgehead atoms. The average Bonchev–Trinajstić information content (AvgIpc) is 3.20. The zero-order chi connectivity index (χ0) is 22.1. The molecule has 1 aliphatic rings. The Labute approximate surface area is 184 Å². The molecule has 10 nitrogen and oxygen atoms in total. The molecule has 2 aromatic rings. The molecule has 1 aromatic heterocycles. The van der Waals surface area contributed by atoms with Gasteiger partial charge in [-0.3, -0.25) is 14.4 Å². The van der Waals surface area contributed by atoms with E-state index in [4.69, 9.17) is 16.3 Å². The van der Waals surface area contributed by atoms with E-state index in [0.717, 1.165) is 12.8 Å². The van der Waals surface area contributed by atoms with Gasteiger partial charge in [0, 0.05) is 36.5 Å². The largest absolute Gasteiger partial charge is 0.447 e. The van der Waals surface area contributed by atoms with Crippen molar-refractivity contribution in [2.45, 2.75) is 57.7 Å². The molecule has 1 atom stereocenters. The minimum Gasteiger partial charge on any atom is -0.447 e. The number of carbonyl (C=O) groups is 3. The minimum atomic E-state index is -1.07. The number of cyclic esters (lactones) is 1. The number of rotatable bonds is 1. The van der Waals surface area contributed by atoms with Crippen LogP contribution in [0, 0.1) is 0 Å². The molecular weight excluding hydrogens is 424 g/mol. The SMILES string of the molecule is O=C1CCCNC(=O)C(c2ccc(Cl)cc2)OC(=O)CCCCCn2nnnc2CN1. The molecular formula is C20H25ClN6O4. The number of hydrogen-bond donors (Lipinski definition) is 2. The summed E-state index contributed by atoms with van der Waals surface area (Å²) in [5, 5.41) is 17.6. The average molecular weight is 449 g/mol. The fourth-order valence-electron chi connectivity index (χ4n) is 3.15. The Kier molecular flexibility index (Phi) is 8.34. The summed E-state index contributed by atoms with van der Waals surface area (Å²) in [5.41, 5.74) is 0.536. The number of amides is 2. The Morgan fingerprint density at radius 2 is 1.81 bits per heavy atom. The first-order valence-corrected chi connectivity index (χ1v) is 10.6. The molecule has 0 fully saturated rings. The highest BCUT2D eigenvalue weighted by molar-refractivity contribution is 6.30. The number of nitrogens with zero attached hydrogens (tertiary/aromatic N) is 4. The molecule has 2 heterocycles.